The van der Waals surface area contributed by atoms with Crippen LogP contribution < -0.4 is 42.8 Å². The van der Waals surface area contributed by atoms with Crippen LogP contribution in [0.4, 0.5) is 0 Å². The van der Waals surface area contributed by atoms with Crippen molar-refractivity contribution in [2.75, 3.05) is 44.9 Å². The SMILES string of the molecule is CC[C@](C)(O)C(=O)N1CCCC1.CC[C@](C)(O)C(=O)c1ccc(SC)cc1.CC[C@](C)([O-])C(=O)N1CCCC1.CSc1cc[c-]cc1.CSc1ccc(Br)cc1.[B].[Li+].[Li+]. The number of thioether (sulfide) groups is 3. The minimum absolute atomic E-state index is 0. The molecule has 2 N–H and O–H groups in total. The van der Waals surface area contributed by atoms with Crippen LogP contribution in [0.5, 0.6) is 0 Å². The maximum atomic E-state index is 11.8. The average molecular weight is 917 g/mol. The van der Waals surface area contributed by atoms with Crippen LogP contribution in [0, 0.1) is 6.07 Å². The standard InChI is InChI=1S/C12H16O2S.C9H17NO2.C9H16NO2.C7H7BrS.C7H7S.B.2Li/c1-4-12(2,14)11(13)9-5-7-10(15-3)8-6-9;2*1-3-9(2,12)8(11)10-6-4-5-7-10;1-9-7-4-2-6(8)3-5-7;1-8-7-5-3-2-4-6-7;;;/h5-8,14H,4H2,1-3H3;12H,3-7H2,1-2H3;3-7H2,1-2H3;2-5H,1H3;3-6H,1H3;;;/q;;-1;;-1;;2*+1/t12-;2*9-;;;;;/m000...../s1. The Balaban J connectivity index is -0.000000666. The van der Waals surface area contributed by atoms with Crippen LogP contribution in [-0.2, 0) is 9.59 Å². The minimum Gasteiger partial charge on any atom is -0.843 e. The van der Waals surface area contributed by atoms with Crippen molar-refractivity contribution in [3.05, 3.63) is 88.9 Å². The molecule has 3 radical (unpaired) electrons. The molecule has 0 bridgehead atoms. The van der Waals surface area contributed by atoms with Gasteiger partial charge < -0.3 is 25.1 Å². The summed E-state index contributed by atoms with van der Waals surface area (Å²) in [7, 11) is 0. The van der Waals surface area contributed by atoms with Gasteiger partial charge in [0.1, 0.15) is 11.2 Å². The van der Waals surface area contributed by atoms with Gasteiger partial charge in [-0.25, -0.2) is 0 Å². The summed E-state index contributed by atoms with van der Waals surface area (Å²) in [6.07, 6.45) is 11.7. The van der Waals surface area contributed by atoms with E-state index in [0.717, 1.165) is 61.2 Å². The number of Topliss-reactive ketones (excluding diaryl/α,β-unsaturated/α-hetero) is 1. The number of nitrogens with zero attached hydrogens (tertiary/aromatic N) is 2. The number of aliphatic hydroxyl groups is 2. The predicted octanol–water partition coefficient (Wildman–Crippen LogP) is 2.67. The van der Waals surface area contributed by atoms with E-state index in [-0.39, 0.29) is 63.7 Å². The fraction of sp³-hybridized carbons (Fsp3) is 0.523. The molecule has 2 heterocycles. The van der Waals surface area contributed by atoms with E-state index in [2.05, 4.69) is 46.6 Å². The third kappa shape index (κ3) is 23.3. The summed E-state index contributed by atoms with van der Waals surface area (Å²) in [5, 5.41) is 31.0. The van der Waals surface area contributed by atoms with Crippen molar-refractivity contribution in [2.45, 2.75) is 118 Å². The van der Waals surface area contributed by atoms with Gasteiger partial charge in [0.05, 0.1) is 0 Å². The number of benzene rings is 3. The Kier molecular flexibility index (Phi) is 34.4. The van der Waals surface area contributed by atoms with Crippen LogP contribution in [0.3, 0.4) is 0 Å². The van der Waals surface area contributed by atoms with Gasteiger partial charge in [0.25, 0.3) is 5.91 Å². The van der Waals surface area contributed by atoms with Crippen LogP contribution in [0.25, 0.3) is 0 Å². The fourth-order valence-corrected chi connectivity index (χ4v) is 6.60. The quantitative estimate of drug-likeness (QED) is 0.137. The second-order valence-corrected chi connectivity index (χ2v) is 17.5. The van der Waals surface area contributed by atoms with E-state index in [1.54, 1.807) is 84.9 Å². The van der Waals surface area contributed by atoms with E-state index in [9.17, 15) is 29.7 Å². The van der Waals surface area contributed by atoms with Crippen molar-refractivity contribution in [1.82, 2.24) is 9.80 Å². The van der Waals surface area contributed by atoms with E-state index in [0.29, 0.717) is 24.8 Å². The number of hydrogen-bond acceptors (Lipinski definition) is 9. The summed E-state index contributed by atoms with van der Waals surface area (Å²) in [5.41, 5.74) is -3.23. The van der Waals surface area contributed by atoms with Gasteiger partial charge in [-0.3, -0.25) is 14.4 Å². The van der Waals surface area contributed by atoms with Crippen LogP contribution in [-0.4, -0.2) is 108 Å². The molecule has 5 rings (SSSR count). The van der Waals surface area contributed by atoms with Crippen LogP contribution >= 0.6 is 51.2 Å². The number of carbonyl (C=O) groups excluding carboxylic acids is 3. The number of hydrogen-bond donors (Lipinski definition) is 2. The minimum atomic E-state index is -1.40. The number of amides is 2. The molecule has 8 nitrogen and oxygen atoms in total. The van der Waals surface area contributed by atoms with Crippen molar-refractivity contribution in [2.24, 2.45) is 0 Å². The van der Waals surface area contributed by atoms with Crippen molar-refractivity contribution in [3.63, 3.8) is 0 Å². The second kappa shape index (κ2) is 32.6. The van der Waals surface area contributed by atoms with Gasteiger partial charge in [-0.15, -0.1) is 28.4 Å². The first-order valence-corrected chi connectivity index (χ1v) is 23.6. The average Bonchev–Trinajstić information content (AvgIpc) is 3.98. The van der Waals surface area contributed by atoms with Crippen molar-refractivity contribution in [3.8, 4) is 0 Å². The Morgan fingerprint density at radius 2 is 1.00 bits per heavy atom. The predicted molar refractivity (Wildman–Crippen MR) is 243 cm³/mol. The molecular weight excluding hydrogens is 853 g/mol. The molecule has 15 heteroatoms. The molecule has 2 saturated heterocycles. The van der Waals surface area contributed by atoms with Gasteiger partial charge >= 0.3 is 37.7 Å². The molecule has 59 heavy (non-hydrogen) atoms. The van der Waals surface area contributed by atoms with E-state index in [4.69, 9.17) is 0 Å². The van der Waals surface area contributed by atoms with Gasteiger partial charge in [0.2, 0.25) is 5.91 Å². The van der Waals surface area contributed by atoms with E-state index < -0.39 is 16.8 Å². The summed E-state index contributed by atoms with van der Waals surface area (Å²) >= 11 is 8.50. The van der Waals surface area contributed by atoms with Gasteiger partial charge in [-0.2, -0.15) is 42.1 Å². The van der Waals surface area contributed by atoms with Gasteiger partial charge in [0.15, 0.2) is 5.78 Å². The number of ketones is 1. The normalized spacial score (nSPS) is 15.5. The monoisotopic (exact) mass is 915 g/mol. The second-order valence-electron chi connectivity index (χ2n) is 14.0. The van der Waals surface area contributed by atoms with Gasteiger partial charge in [0, 0.05) is 54.4 Å². The number of carbonyl (C=O) groups is 3. The van der Waals surface area contributed by atoms with E-state index >= 15 is 0 Å². The molecule has 3 aromatic rings. The van der Waals surface area contributed by atoms with Gasteiger partial charge in [-0.05, 0) is 113 Å². The first-order valence-electron chi connectivity index (χ1n) is 19.1. The Hall–Kier alpha value is -1.06. The molecule has 315 valence electrons. The zero-order valence-electron chi connectivity index (χ0n) is 37.3. The summed E-state index contributed by atoms with van der Waals surface area (Å²) in [6.45, 7) is 13.2. The molecule has 0 saturated carbocycles. The Morgan fingerprint density at radius 3 is 1.34 bits per heavy atom. The summed E-state index contributed by atoms with van der Waals surface area (Å²) in [5.74, 6) is -0.539. The van der Waals surface area contributed by atoms with Crippen molar-refractivity contribution in [1.29, 1.82) is 0 Å². The maximum Gasteiger partial charge on any atom is 1.00 e. The summed E-state index contributed by atoms with van der Waals surface area (Å²) in [6, 6.07) is 26.5. The third-order valence-corrected chi connectivity index (χ3v) is 12.3. The van der Waals surface area contributed by atoms with Crippen molar-refractivity contribution < 1.29 is 67.4 Å². The van der Waals surface area contributed by atoms with Gasteiger partial charge in [-0.1, -0.05) is 62.2 Å². The smallest absolute Gasteiger partial charge is 0.843 e. The zero-order valence-corrected chi connectivity index (χ0v) is 41.3. The summed E-state index contributed by atoms with van der Waals surface area (Å²) in [4.78, 5) is 42.1. The Labute approximate surface area is 403 Å². The number of likely N-dealkylation sites (tertiary alicyclic amines) is 2. The fourth-order valence-electron chi connectivity index (χ4n) is 5.11. The topological polar surface area (TPSA) is 121 Å². The van der Waals surface area contributed by atoms with E-state index in [1.165, 1.54) is 16.7 Å². The molecule has 2 amide bonds. The molecular formula is C44H63BBrLi2N2O6S3. The first-order chi connectivity index (χ1) is 26.4. The van der Waals surface area contributed by atoms with Crippen LogP contribution in [0.1, 0.15) is 96.8 Å². The Bertz CT molecular complexity index is 1540. The van der Waals surface area contributed by atoms with Crippen LogP contribution in [0.15, 0.2) is 92.0 Å². The number of halogens is 1. The molecule has 0 unspecified atom stereocenters. The largest absolute Gasteiger partial charge is 1.00 e. The molecule has 0 aliphatic carbocycles. The van der Waals surface area contributed by atoms with E-state index in [1.807, 2.05) is 61.7 Å². The summed E-state index contributed by atoms with van der Waals surface area (Å²) < 4.78 is 1.14. The molecule has 2 fully saturated rings. The third-order valence-electron chi connectivity index (χ3n) is 9.57. The first kappa shape index (κ1) is 62.2. The molecule has 2 aliphatic heterocycles. The molecule has 2 aliphatic rings. The molecule has 3 aromatic carbocycles. The Morgan fingerprint density at radius 1 is 0.644 bits per heavy atom. The maximum absolute atomic E-state index is 11.8. The molecule has 0 spiro atoms. The zero-order chi connectivity index (χ0) is 42.4. The number of rotatable bonds is 10. The molecule has 0 aromatic heterocycles. The van der Waals surface area contributed by atoms with Crippen molar-refractivity contribution >= 4 is 77.2 Å². The van der Waals surface area contributed by atoms with Crippen LogP contribution in [0.2, 0.25) is 0 Å². The molecule has 3 atom stereocenters.